The minimum Gasteiger partial charge on any atom is -0.347 e. The van der Waals surface area contributed by atoms with E-state index in [1.807, 2.05) is 0 Å². The summed E-state index contributed by atoms with van der Waals surface area (Å²) in [6.45, 7) is 1.79. The lowest BCUT2D eigenvalue weighted by Crippen LogP contribution is -2.37. The van der Waals surface area contributed by atoms with Gasteiger partial charge in [-0.25, -0.2) is 14.1 Å². The van der Waals surface area contributed by atoms with Crippen LogP contribution in [0.2, 0.25) is 0 Å². The highest BCUT2D eigenvalue weighted by Gasteiger charge is 2.29. The number of benzene rings is 1. The van der Waals surface area contributed by atoms with E-state index in [4.69, 9.17) is 0 Å². The van der Waals surface area contributed by atoms with E-state index in [9.17, 15) is 9.18 Å². The Bertz CT molecular complexity index is 635. The van der Waals surface area contributed by atoms with E-state index in [1.54, 1.807) is 19.1 Å². The first-order chi connectivity index (χ1) is 11.1. The van der Waals surface area contributed by atoms with Crippen molar-refractivity contribution in [3.8, 4) is 0 Å². The number of nitrogens with zero attached hydrogens (tertiary/aromatic N) is 3. The van der Waals surface area contributed by atoms with Gasteiger partial charge in [0.05, 0.1) is 6.04 Å². The quantitative estimate of drug-likeness (QED) is 0.922. The van der Waals surface area contributed by atoms with Gasteiger partial charge in [-0.15, -0.1) is 0 Å². The molecule has 0 unspecified atom stereocenters. The Hall–Kier alpha value is -2.24. The first kappa shape index (κ1) is 15.6. The highest BCUT2D eigenvalue weighted by molar-refractivity contribution is 5.80. The Labute approximate surface area is 134 Å². The second kappa shape index (κ2) is 6.89. The van der Waals surface area contributed by atoms with Crippen LogP contribution in [0.1, 0.15) is 50.3 Å². The lowest BCUT2D eigenvalue weighted by molar-refractivity contribution is -0.125. The second-order valence-electron chi connectivity index (χ2n) is 6.13. The molecule has 1 heterocycles. The van der Waals surface area contributed by atoms with E-state index in [1.165, 1.54) is 42.3 Å². The second-order valence-corrected chi connectivity index (χ2v) is 6.13. The van der Waals surface area contributed by atoms with Gasteiger partial charge in [0.25, 0.3) is 0 Å². The molecule has 1 aromatic heterocycles. The van der Waals surface area contributed by atoms with Gasteiger partial charge in [0.2, 0.25) is 5.91 Å². The van der Waals surface area contributed by atoms with Crippen molar-refractivity contribution in [3.63, 3.8) is 0 Å². The molecule has 0 saturated heterocycles. The third-order valence-corrected chi connectivity index (χ3v) is 4.61. The van der Waals surface area contributed by atoms with Gasteiger partial charge in [0.15, 0.2) is 0 Å². The Kier molecular flexibility index (Phi) is 4.69. The fourth-order valence-corrected chi connectivity index (χ4v) is 3.25. The Morgan fingerprint density at radius 1 is 1.30 bits per heavy atom. The Balaban J connectivity index is 1.78. The third-order valence-electron chi connectivity index (χ3n) is 4.61. The van der Waals surface area contributed by atoms with Crippen molar-refractivity contribution in [3.05, 3.63) is 48.3 Å². The monoisotopic (exact) mass is 316 g/mol. The maximum absolute atomic E-state index is 13.2. The lowest BCUT2D eigenvalue weighted by atomic mass is 9.91. The zero-order valence-electron chi connectivity index (χ0n) is 13.2. The molecule has 122 valence electrons. The topological polar surface area (TPSA) is 59.8 Å². The molecule has 1 fully saturated rings. The molecule has 0 aliphatic heterocycles. The summed E-state index contributed by atoms with van der Waals surface area (Å²) in [6, 6.07) is 5.91. The van der Waals surface area contributed by atoms with Crippen LogP contribution in [0.25, 0.3) is 0 Å². The normalized spacial score (nSPS) is 17.8. The number of aromatic nitrogens is 3. The number of rotatable bonds is 5. The van der Waals surface area contributed by atoms with Gasteiger partial charge in [0, 0.05) is 0 Å². The van der Waals surface area contributed by atoms with Crippen molar-refractivity contribution < 1.29 is 9.18 Å². The summed E-state index contributed by atoms with van der Waals surface area (Å²) in [5.41, 5.74) is 0.956. The van der Waals surface area contributed by atoms with Crippen molar-refractivity contribution in [2.45, 2.75) is 44.7 Å². The Morgan fingerprint density at radius 3 is 2.61 bits per heavy atom. The lowest BCUT2D eigenvalue weighted by Gasteiger charge is -2.26. The van der Waals surface area contributed by atoms with Crippen molar-refractivity contribution in [1.82, 2.24) is 20.1 Å². The molecule has 1 N–H and O–H groups in total. The highest BCUT2D eigenvalue weighted by atomic mass is 19.1. The van der Waals surface area contributed by atoms with Crippen molar-refractivity contribution >= 4 is 5.91 Å². The molecular weight excluding hydrogens is 295 g/mol. The zero-order chi connectivity index (χ0) is 16.2. The number of hydrogen-bond donors (Lipinski definition) is 1. The SMILES string of the molecule is C[C@H](C(=O)N[C@@H](c1ccc(F)cc1)C1CCCC1)n1cncn1. The van der Waals surface area contributed by atoms with Crippen LogP contribution in [-0.2, 0) is 4.79 Å². The molecule has 5 nitrogen and oxygen atoms in total. The summed E-state index contributed by atoms with van der Waals surface area (Å²) in [4.78, 5) is 16.5. The molecule has 1 amide bonds. The van der Waals surface area contributed by atoms with Crippen LogP contribution < -0.4 is 5.32 Å². The smallest absolute Gasteiger partial charge is 0.245 e. The van der Waals surface area contributed by atoms with Crippen LogP contribution in [0.5, 0.6) is 0 Å². The standard InChI is InChI=1S/C17H21FN4O/c1-12(22-11-19-10-20-22)17(23)21-16(13-4-2-3-5-13)14-6-8-15(18)9-7-14/h6-13,16H,2-5H2,1H3,(H,21,23)/t12-,16-/m1/s1. The van der Waals surface area contributed by atoms with Gasteiger partial charge in [-0.05, 0) is 43.4 Å². The van der Waals surface area contributed by atoms with E-state index < -0.39 is 6.04 Å². The molecule has 6 heteroatoms. The van der Waals surface area contributed by atoms with Crippen molar-refractivity contribution in [2.24, 2.45) is 5.92 Å². The predicted molar refractivity (Wildman–Crippen MR) is 84.0 cm³/mol. The largest absolute Gasteiger partial charge is 0.347 e. The van der Waals surface area contributed by atoms with E-state index in [0.717, 1.165) is 18.4 Å². The molecule has 1 aliphatic carbocycles. The molecule has 3 rings (SSSR count). The molecule has 2 aromatic rings. The van der Waals surface area contributed by atoms with Crippen LogP contribution in [0.15, 0.2) is 36.9 Å². The molecule has 0 spiro atoms. The number of carbonyl (C=O) groups excluding carboxylic acids is 1. The zero-order valence-corrected chi connectivity index (χ0v) is 13.2. The molecule has 1 aromatic carbocycles. The Morgan fingerprint density at radius 2 is 2.00 bits per heavy atom. The minimum absolute atomic E-state index is 0.0865. The number of nitrogens with one attached hydrogen (secondary N) is 1. The average Bonchev–Trinajstić information content (AvgIpc) is 3.26. The van der Waals surface area contributed by atoms with E-state index in [0.29, 0.717) is 5.92 Å². The summed E-state index contributed by atoms with van der Waals surface area (Å²) in [5, 5.41) is 7.15. The molecule has 1 saturated carbocycles. The van der Waals surface area contributed by atoms with Gasteiger partial charge in [-0.2, -0.15) is 5.10 Å². The first-order valence-electron chi connectivity index (χ1n) is 8.05. The van der Waals surface area contributed by atoms with Crippen LogP contribution >= 0.6 is 0 Å². The highest BCUT2D eigenvalue weighted by Crippen LogP contribution is 2.36. The molecule has 2 atom stereocenters. The summed E-state index contributed by atoms with van der Waals surface area (Å²) in [6.07, 6.45) is 7.47. The number of halogens is 1. The van der Waals surface area contributed by atoms with E-state index in [-0.39, 0.29) is 17.8 Å². The average molecular weight is 316 g/mol. The minimum atomic E-state index is -0.429. The van der Waals surface area contributed by atoms with Crippen LogP contribution in [0.4, 0.5) is 4.39 Å². The van der Waals surface area contributed by atoms with Crippen LogP contribution in [0.3, 0.4) is 0 Å². The van der Waals surface area contributed by atoms with Gasteiger partial charge >= 0.3 is 0 Å². The maximum atomic E-state index is 13.2. The first-order valence-corrected chi connectivity index (χ1v) is 8.05. The molecule has 0 radical (unpaired) electrons. The van der Waals surface area contributed by atoms with Crippen LogP contribution in [-0.4, -0.2) is 20.7 Å². The molecule has 23 heavy (non-hydrogen) atoms. The molecular formula is C17H21FN4O. The van der Waals surface area contributed by atoms with Crippen LogP contribution in [0, 0.1) is 11.7 Å². The summed E-state index contributed by atoms with van der Waals surface area (Å²) in [7, 11) is 0. The molecule has 1 aliphatic rings. The molecule has 0 bridgehead atoms. The summed E-state index contributed by atoms with van der Waals surface area (Å²) in [5.74, 6) is 0.0327. The van der Waals surface area contributed by atoms with Crippen molar-refractivity contribution in [1.29, 1.82) is 0 Å². The van der Waals surface area contributed by atoms with Gasteiger partial charge < -0.3 is 5.32 Å². The summed E-state index contributed by atoms with van der Waals surface area (Å²) >= 11 is 0. The van der Waals surface area contributed by atoms with Gasteiger partial charge in [-0.3, -0.25) is 4.79 Å². The predicted octanol–water partition coefficient (Wildman–Crippen LogP) is 3.03. The van der Waals surface area contributed by atoms with Gasteiger partial charge in [-0.1, -0.05) is 25.0 Å². The number of amides is 1. The number of carbonyl (C=O) groups is 1. The fourth-order valence-electron chi connectivity index (χ4n) is 3.25. The van der Waals surface area contributed by atoms with E-state index in [2.05, 4.69) is 15.4 Å². The maximum Gasteiger partial charge on any atom is 0.245 e. The summed E-state index contributed by atoms with van der Waals surface area (Å²) < 4.78 is 14.7. The fraction of sp³-hybridized carbons (Fsp3) is 0.471. The van der Waals surface area contributed by atoms with Gasteiger partial charge in [0.1, 0.15) is 24.5 Å². The van der Waals surface area contributed by atoms with E-state index >= 15 is 0 Å². The number of hydrogen-bond acceptors (Lipinski definition) is 3. The third kappa shape index (κ3) is 3.57. The van der Waals surface area contributed by atoms with Crippen molar-refractivity contribution in [2.75, 3.05) is 0 Å².